The maximum absolute atomic E-state index is 12.1. The molecule has 0 unspecified atom stereocenters. The zero-order chi connectivity index (χ0) is 10.4. The number of fused-ring (bicyclic) bond motifs is 2. The van der Waals surface area contributed by atoms with Gasteiger partial charge in [-0.25, -0.2) is 0 Å². The molecule has 0 radical (unpaired) electrons. The Morgan fingerprint density at radius 3 is 3.00 bits per heavy atom. The highest BCUT2D eigenvalue weighted by Crippen LogP contribution is 2.21. The van der Waals surface area contributed by atoms with Crippen molar-refractivity contribution in [1.82, 2.24) is 4.98 Å². The second kappa shape index (κ2) is 3.33. The molecule has 2 aromatic rings. The van der Waals surface area contributed by atoms with Gasteiger partial charge in [0.15, 0.2) is 5.43 Å². The van der Waals surface area contributed by atoms with E-state index in [1.165, 1.54) is 0 Å². The Kier molecular flexibility index (Phi) is 2.09. The van der Waals surface area contributed by atoms with Crippen molar-refractivity contribution in [3.63, 3.8) is 0 Å². The van der Waals surface area contributed by atoms with Crippen LogP contribution in [0.2, 0.25) is 0 Å². The van der Waals surface area contributed by atoms with E-state index in [0.717, 1.165) is 45.0 Å². The van der Waals surface area contributed by atoms with Crippen molar-refractivity contribution in [3.05, 3.63) is 43.2 Å². The lowest BCUT2D eigenvalue weighted by molar-refractivity contribution is 0.900. The van der Waals surface area contributed by atoms with Gasteiger partial charge in [-0.05, 0) is 60.1 Å². The zero-order valence-electron chi connectivity index (χ0n) is 8.14. The number of benzene rings is 1. The summed E-state index contributed by atoms with van der Waals surface area (Å²) in [6.45, 7) is 0. The van der Waals surface area contributed by atoms with E-state index in [1.807, 2.05) is 18.2 Å². The van der Waals surface area contributed by atoms with Crippen molar-refractivity contribution in [2.45, 2.75) is 19.3 Å². The third kappa shape index (κ3) is 1.40. The maximum Gasteiger partial charge on any atom is 0.192 e. The van der Waals surface area contributed by atoms with Gasteiger partial charge in [0.2, 0.25) is 0 Å². The minimum atomic E-state index is 0.231. The minimum absolute atomic E-state index is 0.231. The molecule has 0 saturated heterocycles. The lowest BCUT2D eigenvalue weighted by atomic mass is 10.1. The van der Waals surface area contributed by atoms with Crippen molar-refractivity contribution in [2.75, 3.05) is 0 Å². The Hall–Kier alpha value is -0.840. The van der Waals surface area contributed by atoms with E-state index in [4.69, 9.17) is 0 Å². The van der Waals surface area contributed by atoms with Gasteiger partial charge >= 0.3 is 0 Å². The SMILES string of the molecule is O=c1c2c([nH]c3ccc(I)cc13)CCC2. The predicted molar refractivity (Wildman–Crippen MR) is 69.3 cm³/mol. The molecule has 0 amide bonds. The van der Waals surface area contributed by atoms with Gasteiger partial charge in [-0.3, -0.25) is 4.79 Å². The standard InChI is InChI=1S/C12H10INO/c13-7-4-5-11-9(6-7)12(15)8-2-1-3-10(8)14-11/h4-6H,1-3H2,(H,14,15). The van der Waals surface area contributed by atoms with E-state index in [2.05, 4.69) is 27.6 Å². The molecular formula is C12H10INO. The third-order valence-electron chi connectivity index (χ3n) is 3.00. The van der Waals surface area contributed by atoms with Gasteiger partial charge < -0.3 is 4.98 Å². The highest BCUT2D eigenvalue weighted by Gasteiger charge is 2.16. The summed E-state index contributed by atoms with van der Waals surface area (Å²) in [5, 5.41) is 0.836. The lowest BCUT2D eigenvalue weighted by Gasteiger charge is -2.03. The molecule has 1 aromatic carbocycles. The van der Waals surface area contributed by atoms with Crippen LogP contribution in [0.15, 0.2) is 23.0 Å². The van der Waals surface area contributed by atoms with Gasteiger partial charge in [0.25, 0.3) is 0 Å². The molecule has 1 heterocycles. The van der Waals surface area contributed by atoms with Crippen LogP contribution in [0.1, 0.15) is 17.7 Å². The molecule has 1 aliphatic carbocycles. The monoisotopic (exact) mass is 311 g/mol. The average Bonchev–Trinajstić information content (AvgIpc) is 2.68. The first kappa shape index (κ1) is 9.39. The van der Waals surface area contributed by atoms with Crippen molar-refractivity contribution in [3.8, 4) is 0 Å². The fraction of sp³-hybridized carbons (Fsp3) is 0.250. The molecule has 0 fully saturated rings. The summed E-state index contributed by atoms with van der Waals surface area (Å²) in [4.78, 5) is 15.5. The largest absolute Gasteiger partial charge is 0.358 e. The van der Waals surface area contributed by atoms with E-state index in [9.17, 15) is 4.79 Å². The Labute approximate surface area is 101 Å². The summed E-state index contributed by atoms with van der Waals surface area (Å²) >= 11 is 2.24. The van der Waals surface area contributed by atoms with E-state index in [1.54, 1.807) is 0 Å². The maximum atomic E-state index is 12.1. The topological polar surface area (TPSA) is 32.9 Å². The molecule has 0 aliphatic heterocycles. The number of H-pyrrole nitrogens is 1. The molecule has 76 valence electrons. The summed E-state index contributed by atoms with van der Waals surface area (Å²) < 4.78 is 1.11. The van der Waals surface area contributed by atoms with Gasteiger partial charge in [0, 0.05) is 25.7 Å². The number of rotatable bonds is 0. The number of aromatic amines is 1. The van der Waals surface area contributed by atoms with Crippen LogP contribution >= 0.6 is 22.6 Å². The van der Waals surface area contributed by atoms with E-state index >= 15 is 0 Å². The minimum Gasteiger partial charge on any atom is -0.358 e. The van der Waals surface area contributed by atoms with Crippen LogP contribution in [-0.2, 0) is 12.8 Å². The van der Waals surface area contributed by atoms with Crippen molar-refractivity contribution >= 4 is 33.5 Å². The van der Waals surface area contributed by atoms with Crippen LogP contribution < -0.4 is 5.43 Å². The van der Waals surface area contributed by atoms with Gasteiger partial charge in [0.1, 0.15) is 0 Å². The Bertz CT molecular complexity index is 600. The Balaban J connectivity index is 2.47. The Morgan fingerprint density at radius 2 is 2.13 bits per heavy atom. The molecule has 3 rings (SSSR count). The molecule has 1 N–H and O–H groups in total. The average molecular weight is 311 g/mol. The van der Waals surface area contributed by atoms with Crippen LogP contribution in [-0.4, -0.2) is 4.98 Å². The predicted octanol–water partition coefficient (Wildman–Crippen LogP) is 2.62. The summed E-state index contributed by atoms with van der Waals surface area (Å²) in [5.74, 6) is 0. The van der Waals surface area contributed by atoms with Gasteiger partial charge in [-0.15, -0.1) is 0 Å². The first-order chi connectivity index (χ1) is 7.25. The molecule has 15 heavy (non-hydrogen) atoms. The molecule has 2 nitrogen and oxygen atoms in total. The van der Waals surface area contributed by atoms with Crippen LogP contribution in [0, 0.1) is 3.57 Å². The number of hydrogen-bond acceptors (Lipinski definition) is 1. The molecule has 0 atom stereocenters. The number of pyridine rings is 1. The number of nitrogens with one attached hydrogen (secondary N) is 1. The molecular weight excluding hydrogens is 301 g/mol. The Morgan fingerprint density at radius 1 is 1.27 bits per heavy atom. The summed E-state index contributed by atoms with van der Waals surface area (Å²) in [7, 11) is 0. The highest BCUT2D eigenvalue weighted by molar-refractivity contribution is 14.1. The number of aryl methyl sites for hydroxylation is 1. The lowest BCUT2D eigenvalue weighted by Crippen LogP contribution is -2.10. The fourth-order valence-electron chi connectivity index (χ4n) is 2.27. The second-order valence-corrected chi connectivity index (χ2v) is 5.20. The van der Waals surface area contributed by atoms with E-state index in [-0.39, 0.29) is 5.43 Å². The van der Waals surface area contributed by atoms with Crippen molar-refractivity contribution < 1.29 is 0 Å². The molecule has 0 saturated carbocycles. The summed E-state index contributed by atoms with van der Waals surface area (Å²) in [5.41, 5.74) is 3.36. The highest BCUT2D eigenvalue weighted by atomic mass is 127. The van der Waals surface area contributed by atoms with Crippen molar-refractivity contribution in [2.24, 2.45) is 0 Å². The molecule has 0 bridgehead atoms. The first-order valence-electron chi connectivity index (χ1n) is 5.09. The van der Waals surface area contributed by atoms with Crippen LogP contribution in [0.3, 0.4) is 0 Å². The molecule has 1 aliphatic rings. The third-order valence-corrected chi connectivity index (χ3v) is 3.67. The molecule has 0 spiro atoms. The van der Waals surface area contributed by atoms with Crippen LogP contribution in [0.5, 0.6) is 0 Å². The van der Waals surface area contributed by atoms with Gasteiger partial charge in [-0.1, -0.05) is 0 Å². The second-order valence-electron chi connectivity index (χ2n) is 3.95. The summed E-state index contributed by atoms with van der Waals surface area (Å²) in [6.07, 6.45) is 3.06. The summed E-state index contributed by atoms with van der Waals surface area (Å²) in [6, 6.07) is 5.99. The van der Waals surface area contributed by atoms with Crippen molar-refractivity contribution in [1.29, 1.82) is 0 Å². The van der Waals surface area contributed by atoms with Crippen LogP contribution in [0.25, 0.3) is 10.9 Å². The van der Waals surface area contributed by atoms with Gasteiger partial charge in [0.05, 0.1) is 0 Å². The van der Waals surface area contributed by atoms with E-state index < -0.39 is 0 Å². The first-order valence-corrected chi connectivity index (χ1v) is 6.17. The number of hydrogen-bond donors (Lipinski definition) is 1. The normalized spacial score (nSPS) is 14.5. The zero-order valence-corrected chi connectivity index (χ0v) is 10.3. The number of halogens is 1. The molecule has 3 heteroatoms. The van der Waals surface area contributed by atoms with Gasteiger partial charge in [-0.2, -0.15) is 0 Å². The molecule has 1 aromatic heterocycles. The van der Waals surface area contributed by atoms with E-state index in [0.29, 0.717) is 0 Å². The number of aromatic nitrogens is 1. The smallest absolute Gasteiger partial charge is 0.192 e. The quantitative estimate of drug-likeness (QED) is 0.746. The van der Waals surface area contributed by atoms with Crippen LogP contribution in [0.4, 0.5) is 0 Å². The fourth-order valence-corrected chi connectivity index (χ4v) is 2.76.